The van der Waals surface area contributed by atoms with Gasteiger partial charge < -0.3 is 15.0 Å². The van der Waals surface area contributed by atoms with Crippen LogP contribution in [0.1, 0.15) is 42.9 Å². The van der Waals surface area contributed by atoms with E-state index in [1.165, 1.54) is 0 Å². The molecular weight excluding hydrogens is 354 g/mol. The van der Waals surface area contributed by atoms with Gasteiger partial charge in [0, 0.05) is 25.0 Å². The maximum Gasteiger partial charge on any atom is 0.254 e. The highest BCUT2D eigenvalue weighted by Gasteiger charge is 2.40. The Morgan fingerprint density at radius 1 is 1.14 bits per heavy atom. The summed E-state index contributed by atoms with van der Waals surface area (Å²) in [5, 5.41) is 2.92. The number of carbonyl (C=O) groups excluding carboxylic acids is 2. The molecular formula is C22H25N3O3. The molecule has 2 fully saturated rings. The molecule has 28 heavy (non-hydrogen) atoms. The molecule has 2 atom stereocenters. The summed E-state index contributed by atoms with van der Waals surface area (Å²) >= 11 is 0. The Labute approximate surface area is 164 Å². The first-order chi connectivity index (χ1) is 13.7. The summed E-state index contributed by atoms with van der Waals surface area (Å²) in [6, 6.07) is 13.4. The normalized spacial score (nSPS) is 22.6. The van der Waals surface area contributed by atoms with Crippen molar-refractivity contribution < 1.29 is 14.3 Å². The van der Waals surface area contributed by atoms with E-state index in [-0.39, 0.29) is 24.5 Å². The largest absolute Gasteiger partial charge is 0.356 e. The second-order valence-corrected chi connectivity index (χ2v) is 7.45. The van der Waals surface area contributed by atoms with E-state index in [2.05, 4.69) is 10.3 Å². The summed E-state index contributed by atoms with van der Waals surface area (Å²) in [6.07, 6.45) is 6.90. The maximum absolute atomic E-state index is 13.6. The van der Waals surface area contributed by atoms with Gasteiger partial charge in [-0.3, -0.25) is 14.6 Å². The fourth-order valence-corrected chi connectivity index (χ4v) is 4.13. The van der Waals surface area contributed by atoms with E-state index in [4.69, 9.17) is 4.74 Å². The number of ether oxygens (including phenoxy) is 1. The van der Waals surface area contributed by atoms with Gasteiger partial charge in [-0.1, -0.05) is 49.2 Å². The average Bonchev–Trinajstić information content (AvgIpc) is 3.27. The fourth-order valence-electron chi connectivity index (χ4n) is 4.13. The molecule has 1 aliphatic carbocycles. The third-order valence-electron chi connectivity index (χ3n) is 5.54. The standard InChI is InChI=1S/C22H25N3O3/c26-19-15-28-21(20(24-19)17-9-6-12-23-13-17)22(27)25(18-10-4-5-11-18)14-16-7-2-1-3-8-16/h1-3,6-9,12-13,18,20-21H,4-5,10-11,14-15H2,(H,24,26)/t20-,21+/m1/s1. The minimum atomic E-state index is -0.744. The number of pyridine rings is 1. The molecule has 6 heteroatoms. The van der Waals surface area contributed by atoms with Gasteiger partial charge in [0.05, 0.1) is 6.04 Å². The number of hydrogen-bond donors (Lipinski definition) is 1. The molecule has 0 spiro atoms. The van der Waals surface area contributed by atoms with Crippen molar-refractivity contribution in [2.45, 2.75) is 50.4 Å². The third-order valence-corrected chi connectivity index (χ3v) is 5.54. The zero-order valence-electron chi connectivity index (χ0n) is 15.8. The minimum Gasteiger partial charge on any atom is -0.356 e. The first-order valence-electron chi connectivity index (χ1n) is 9.87. The minimum absolute atomic E-state index is 0.0652. The Morgan fingerprint density at radius 2 is 1.93 bits per heavy atom. The summed E-state index contributed by atoms with van der Waals surface area (Å²) in [6.45, 7) is 0.453. The number of rotatable bonds is 5. The number of amides is 2. The number of carbonyl (C=O) groups is 2. The van der Waals surface area contributed by atoms with Crippen molar-refractivity contribution in [1.82, 2.24) is 15.2 Å². The number of nitrogens with zero attached hydrogens (tertiary/aromatic N) is 2. The maximum atomic E-state index is 13.6. The van der Waals surface area contributed by atoms with Gasteiger partial charge in [-0.15, -0.1) is 0 Å². The van der Waals surface area contributed by atoms with E-state index in [0.717, 1.165) is 36.8 Å². The van der Waals surface area contributed by atoms with Crippen molar-refractivity contribution in [3.05, 3.63) is 66.0 Å². The summed E-state index contributed by atoms with van der Waals surface area (Å²) in [5.74, 6) is -0.280. The lowest BCUT2D eigenvalue weighted by Crippen LogP contribution is -2.54. The van der Waals surface area contributed by atoms with Crippen LogP contribution in [0, 0.1) is 0 Å². The molecule has 6 nitrogen and oxygen atoms in total. The first kappa shape index (κ1) is 18.6. The number of aromatic nitrogens is 1. The van der Waals surface area contributed by atoms with Gasteiger partial charge in [0.1, 0.15) is 6.61 Å². The molecule has 146 valence electrons. The van der Waals surface area contributed by atoms with E-state index >= 15 is 0 Å². The number of morpholine rings is 1. The fraction of sp³-hybridized carbons (Fsp3) is 0.409. The van der Waals surface area contributed by atoms with E-state index in [0.29, 0.717) is 6.54 Å². The molecule has 4 rings (SSSR count). The van der Waals surface area contributed by atoms with Crippen LogP contribution in [0.4, 0.5) is 0 Å². The third kappa shape index (κ3) is 4.07. The van der Waals surface area contributed by atoms with Crippen molar-refractivity contribution in [2.24, 2.45) is 0 Å². The molecule has 2 amide bonds. The van der Waals surface area contributed by atoms with Crippen LogP contribution in [-0.2, 0) is 20.9 Å². The molecule has 1 aromatic carbocycles. The Hall–Kier alpha value is -2.73. The smallest absolute Gasteiger partial charge is 0.254 e. The van der Waals surface area contributed by atoms with Crippen molar-refractivity contribution in [3.8, 4) is 0 Å². The van der Waals surface area contributed by atoms with Gasteiger partial charge >= 0.3 is 0 Å². The average molecular weight is 379 g/mol. The van der Waals surface area contributed by atoms with Gasteiger partial charge in [-0.25, -0.2) is 0 Å². The van der Waals surface area contributed by atoms with Gasteiger partial charge in [0.25, 0.3) is 5.91 Å². The monoisotopic (exact) mass is 379 g/mol. The van der Waals surface area contributed by atoms with Crippen molar-refractivity contribution in [3.63, 3.8) is 0 Å². The first-order valence-corrected chi connectivity index (χ1v) is 9.87. The Balaban J connectivity index is 1.61. The predicted octanol–water partition coefficient (Wildman–Crippen LogP) is 2.61. The summed E-state index contributed by atoms with van der Waals surface area (Å²) in [4.78, 5) is 31.6. The summed E-state index contributed by atoms with van der Waals surface area (Å²) in [7, 11) is 0. The van der Waals surface area contributed by atoms with Crippen LogP contribution in [0.25, 0.3) is 0 Å². The lowest BCUT2D eigenvalue weighted by atomic mass is 9.99. The highest BCUT2D eigenvalue weighted by atomic mass is 16.5. The van der Waals surface area contributed by atoms with Crippen molar-refractivity contribution in [2.75, 3.05) is 6.61 Å². The molecule has 1 saturated carbocycles. The lowest BCUT2D eigenvalue weighted by molar-refractivity contribution is -0.157. The second kappa shape index (κ2) is 8.52. The van der Waals surface area contributed by atoms with Crippen LogP contribution in [-0.4, -0.2) is 40.5 Å². The quantitative estimate of drug-likeness (QED) is 0.867. The SMILES string of the molecule is O=C1CO[C@H](C(=O)N(Cc2ccccc2)C2CCCC2)[C@@H](c2cccnc2)N1. The molecule has 0 bridgehead atoms. The van der Waals surface area contributed by atoms with Gasteiger partial charge in [0.15, 0.2) is 6.10 Å². The van der Waals surface area contributed by atoms with Crippen LogP contribution >= 0.6 is 0 Å². The topological polar surface area (TPSA) is 71.5 Å². The lowest BCUT2D eigenvalue weighted by Gasteiger charge is -2.37. The van der Waals surface area contributed by atoms with Crippen LogP contribution in [0.5, 0.6) is 0 Å². The van der Waals surface area contributed by atoms with E-state index in [1.54, 1.807) is 18.5 Å². The molecule has 2 heterocycles. The molecule has 1 saturated heterocycles. The zero-order chi connectivity index (χ0) is 19.3. The highest BCUT2D eigenvalue weighted by Crippen LogP contribution is 2.29. The Kier molecular flexibility index (Phi) is 5.67. The summed E-state index contributed by atoms with van der Waals surface area (Å²) < 4.78 is 5.77. The van der Waals surface area contributed by atoms with Crippen molar-refractivity contribution >= 4 is 11.8 Å². The molecule has 1 aliphatic heterocycles. The molecule has 0 radical (unpaired) electrons. The van der Waals surface area contributed by atoms with Gasteiger partial charge in [0.2, 0.25) is 5.91 Å². The van der Waals surface area contributed by atoms with Crippen molar-refractivity contribution in [1.29, 1.82) is 0 Å². The number of hydrogen-bond acceptors (Lipinski definition) is 4. The molecule has 2 aliphatic rings. The Bertz CT molecular complexity index is 806. The number of benzene rings is 1. The molecule has 0 unspecified atom stereocenters. The van der Waals surface area contributed by atoms with Crippen LogP contribution < -0.4 is 5.32 Å². The van der Waals surface area contributed by atoms with E-state index in [9.17, 15) is 9.59 Å². The van der Waals surface area contributed by atoms with Crippen LogP contribution in [0.15, 0.2) is 54.9 Å². The predicted molar refractivity (Wildman–Crippen MR) is 104 cm³/mol. The zero-order valence-corrected chi connectivity index (χ0v) is 15.8. The Morgan fingerprint density at radius 3 is 2.64 bits per heavy atom. The number of nitrogens with one attached hydrogen (secondary N) is 1. The molecule has 1 N–H and O–H groups in total. The molecule has 2 aromatic rings. The molecule has 1 aromatic heterocycles. The van der Waals surface area contributed by atoms with Crippen LogP contribution in [0.2, 0.25) is 0 Å². The van der Waals surface area contributed by atoms with Gasteiger partial charge in [-0.2, -0.15) is 0 Å². The van der Waals surface area contributed by atoms with E-state index < -0.39 is 12.1 Å². The van der Waals surface area contributed by atoms with Crippen LogP contribution in [0.3, 0.4) is 0 Å². The second-order valence-electron chi connectivity index (χ2n) is 7.45. The summed E-state index contributed by atoms with van der Waals surface area (Å²) in [5.41, 5.74) is 1.88. The van der Waals surface area contributed by atoms with Gasteiger partial charge in [-0.05, 0) is 30.0 Å². The van der Waals surface area contributed by atoms with E-state index in [1.807, 2.05) is 41.3 Å². The highest BCUT2D eigenvalue weighted by molar-refractivity contribution is 5.86.